The number of hydrogen-bond donors (Lipinski definition) is 1. The molecule has 3 nitrogen and oxygen atoms in total. The monoisotopic (exact) mass is 267 g/mol. The zero-order valence-corrected chi connectivity index (χ0v) is 11.1. The first-order valence-electron chi connectivity index (χ1n) is 5.90. The van der Waals surface area contributed by atoms with Crippen molar-refractivity contribution in [1.82, 2.24) is 9.78 Å². The molecule has 0 aliphatic rings. The van der Waals surface area contributed by atoms with Crippen LogP contribution in [0.5, 0.6) is 0 Å². The first-order chi connectivity index (χ1) is 8.58. The molecule has 1 heterocycles. The normalized spacial score (nSPS) is 10.9. The second-order valence-corrected chi connectivity index (χ2v) is 4.43. The van der Waals surface area contributed by atoms with Crippen molar-refractivity contribution in [1.29, 1.82) is 0 Å². The van der Waals surface area contributed by atoms with Crippen LogP contribution in [-0.2, 0) is 12.8 Å². The summed E-state index contributed by atoms with van der Waals surface area (Å²) >= 11 is 5.68. The van der Waals surface area contributed by atoms with Gasteiger partial charge in [0.2, 0.25) is 0 Å². The van der Waals surface area contributed by atoms with Crippen LogP contribution in [0, 0.1) is 5.82 Å². The number of hydrogen-bond acceptors (Lipinski definition) is 2. The molecule has 0 aliphatic carbocycles. The SMILES string of the molecule is CCc1nn(-c2ccc(Cl)c(F)c2)c(CC)c1N. The van der Waals surface area contributed by atoms with E-state index in [4.69, 9.17) is 17.3 Å². The first-order valence-corrected chi connectivity index (χ1v) is 6.27. The molecule has 0 saturated heterocycles. The van der Waals surface area contributed by atoms with Crippen molar-refractivity contribution >= 4 is 17.3 Å². The van der Waals surface area contributed by atoms with Crippen LogP contribution in [0.2, 0.25) is 5.02 Å². The van der Waals surface area contributed by atoms with E-state index in [0.29, 0.717) is 11.4 Å². The summed E-state index contributed by atoms with van der Waals surface area (Å²) in [4.78, 5) is 0. The van der Waals surface area contributed by atoms with Gasteiger partial charge in [-0.2, -0.15) is 5.10 Å². The molecular weight excluding hydrogens is 253 g/mol. The summed E-state index contributed by atoms with van der Waals surface area (Å²) in [7, 11) is 0. The Kier molecular flexibility index (Phi) is 3.57. The van der Waals surface area contributed by atoms with Crippen molar-refractivity contribution in [2.45, 2.75) is 26.7 Å². The quantitative estimate of drug-likeness (QED) is 0.927. The number of nitrogens with zero attached hydrogens (tertiary/aromatic N) is 2. The van der Waals surface area contributed by atoms with E-state index in [0.717, 1.165) is 24.2 Å². The summed E-state index contributed by atoms with van der Waals surface area (Å²) in [5, 5.41) is 4.53. The topological polar surface area (TPSA) is 43.8 Å². The molecule has 2 rings (SSSR count). The predicted molar refractivity (Wildman–Crippen MR) is 71.7 cm³/mol. The summed E-state index contributed by atoms with van der Waals surface area (Å²) in [5.74, 6) is -0.455. The molecule has 0 atom stereocenters. The van der Waals surface area contributed by atoms with E-state index in [-0.39, 0.29) is 5.02 Å². The molecule has 2 N–H and O–H groups in total. The molecule has 0 radical (unpaired) electrons. The molecule has 0 fully saturated rings. The van der Waals surface area contributed by atoms with Crippen molar-refractivity contribution in [2.75, 3.05) is 5.73 Å². The second kappa shape index (κ2) is 4.98. The maximum Gasteiger partial charge on any atom is 0.143 e. The minimum Gasteiger partial charge on any atom is -0.396 e. The van der Waals surface area contributed by atoms with Gasteiger partial charge in [-0.05, 0) is 25.0 Å². The van der Waals surface area contributed by atoms with Crippen LogP contribution < -0.4 is 5.73 Å². The predicted octanol–water partition coefficient (Wildman–Crippen LogP) is 3.37. The Balaban J connectivity index is 2.59. The smallest absolute Gasteiger partial charge is 0.143 e. The van der Waals surface area contributed by atoms with Gasteiger partial charge in [0.05, 0.1) is 27.8 Å². The molecule has 18 heavy (non-hydrogen) atoms. The number of nitrogens with two attached hydrogens (primary N) is 1. The highest BCUT2D eigenvalue weighted by Gasteiger charge is 2.14. The zero-order chi connectivity index (χ0) is 13.3. The van der Waals surface area contributed by atoms with Gasteiger partial charge < -0.3 is 5.73 Å². The Hall–Kier alpha value is -1.55. The standard InChI is InChI=1S/C13H15ClFN3/c1-3-11-13(16)12(4-2)18(17-11)8-5-6-9(14)10(15)7-8/h5-7H,3-4,16H2,1-2H3. The van der Waals surface area contributed by atoms with Crippen molar-refractivity contribution < 1.29 is 4.39 Å². The number of rotatable bonds is 3. The maximum absolute atomic E-state index is 13.5. The van der Waals surface area contributed by atoms with Gasteiger partial charge in [0.25, 0.3) is 0 Å². The fourth-order valence-corrected chi connectivity index (χ4v) is 2.06. The van der Waals surface area contributed by atoms with Gasteiger partial charge in [0, 0.05) is 6.07 Å². The summed E-state index contributed by atoms with van der Waals surface area (Å²) in [5.41, 5.74) is 9.09. The number of halogens is 2. The largest absolute Gasteiger partial charge is 0.396 e. The van der Waals surface area contributed by atoms with Gasteiger partial charge in [0.1, 0.15) is 5.82 Å². The second-order valence-electron chi connectivity index (χ2n) is 4.02. The molecule has 2 aromatic rings. The Labute approximate surface area is 110 Å². The van der Waals surface area contributed by atoms with Crippen molar-refractivity contribution in [3.63, 3.8) is 0 Å². The number of nitrogen functional groups attached to an aromatic ring is 1. The lowest BCUT2D eigenvalue weighted by atomic mass is 10.2. The van der Waals surface area contributed by atoms with Crippen LogP contribution in [0.25, 0.3) is 5.69 Å². The van der Waals surface area contributed by atoms with E-state index in [9.17, 15) is 4.39 Å². The zero-order valence-electron chi connectivity index (χ0n) is 10.4. The van der Waals surface area contributed by atoms with Gasteiger partial charge in [-0.15, -0.1) is 0 Å². The van der Waals surface area contributed by atoms with E-state index in [1.807, 2.05) is 13.8 Å². The lowest BCUT2D eigenvalue weighted by molar-refractivity contribution is 0.625. The molecule has 96 valence electrons. The molecule has 0 unspecified atom stereocenters. The Bertz CT molecular complexity index is 578. The highest BCUT2D eigenvalue weighted by molar-refractivity contribution is 6.30. The third-order valence-corrected chi connectivity index (χ3v) is 3.22. The van der Waals surface area contributed by atoms with Gasteiger partial charge in [0.15, 0.2) is 0 Å². The average molecular weight is 268 g/mol. The van der Waals surface area contributed by atoms with E-state index >= 15 is 0 Å². The fourth-order valence-electron chi connectivity index (χ4n) is 1.95. The molecule has 1 aromatic heterocycles. The van der Waals surface area contributed by atoms with Gasteiger partial charge >= 0.3 is 0 Å². The third kappa shape index (κ3) is 2.08. The fraction of sp³-hybridized carbons (Fsp3) is 0.308. The molecule has 0 saturated carbocycles. The Morgan fingerprint density at radius 2 is 2.06 bits per heavy atom. The number of anilines is 1. The number of benzene rings is 1. The third-order valence-electron chi connectivity index (χ3n) is 2.92. The van der Waals surface area contributed by atoms with E-state index in [1.165, 1.54) is 12.1 Å². The van der Waals surface area contributed by atoms with Crippen LogP contribution in [0.1, 0.15) is 25.2 Å². The molecule has 0 amide bonds. The van der Waals surface area contributed by atoms with Crippen LogP contribution in [0.15, 0.2) is 18.2 Å². The highest BCUT2D eigenvalue weighted by atomic mass is 35.5. The van der Waals surface area contributed by atoms with Crippen LogP contribution >= 0.6 is 11.6 Å². The van der Waals surface area contributed by atoms with Gasteiger partial charge in [-0.1, -0.05) is 25.4 Å². The average Bonchev–Trinajstić information content (AvgIpc) is 2.69. The summed E-state index contributed by atoms with van der Waals surface area (Å²) < 4.78 is 15.2. The Morgan fingerprint density at radius 3 is 2.61 bits per heavy atom. The summed E-state index contributed by atoms with van der Waals surface area (Å²) in [6.07, 6.45) is 1.49. The lowest BCUT2D eigenvalue weighted by Crippen LogP contribution is -2.03. The van der Waals surface area contributed by atoms with Crippen LogP contribution in [0.3, 0.4) is 0 Å². The van der Waals surface area contributed by atoms with Crippen LogP contribution in [0.4, 0.5) is 10.1 Å². The van der Waals surface area contributed by atoms with E-state index < -0.39 is 5.82 Å². The molecular formula is C13H15ClFN3. The lowest BCUT2D eigenvalue weighted by Gasteiger charge is -2.06. The van der Waals surface area contributed by atoms with Crippen molar-refractivity contribution in [3.8, 4) is 5.69 Å². The van der Waals surface area contributed by atoms with Gasteiger partial charge in [-0.25, -0.2) is 9.07 Å². The number of aromatic nitrogens is 2. The maximum atomic E-state index is 13.5. The van der Waals surface area contributed by atoms with E-state index in [1.54, 1.807) is 10.7 Å². The van der Waals surface area contributed by atoms with Crippen molar-refractivity contribution in [2.24, 2.45) is 0 Å². The minimum absolute atomic E-state index is 0.104. The highest BCUT2D eigenvalue weighted by Crippen LogP contribution is 2.24. The van der Waals surface area contributed by atoms with Gasteiger partial charge in [-0.3, -0.25) is 0 Å². The molecule has 0 bridgehead atoms. The van der Waals surface area contributed by atoms with Crippen molar-refractivity contribution in [3.05, 3.63) is 40.4 Å². The summed E-state index contributed by atoms with van der Waals surface area (Å²) in [6, 6.07) is 4.62. The Morgan fingerprint density at radius 1 is 1.33 bits per heavy atom. The first kappa shape index (κ1) is 12.9. The molecule has 1 aromatic carbocycles. The van der Waals surface area contributed by atoms with E-state index in [2.05, 4.69) is 5.10 Å². The molecule has 0 aliphatic heterocycles. The molecule has 0 spiro atoms. The molecule has 5 heteroatoms. The number of aryl methyl sites for hydroxylation is 1. The van der Waals surface area contributed by atoms with Crippen LogP contribution in [-0.4, -0.2) is 9.78 Å². The minimum atomic E-state index is -0.455. The summed E-state index contributed by atoms with van der Waals surface area (Å²) in [6.45, 7) is 3.99.